The van der Waals surface area contributed by atoms with E-state index in [2.05, 4.69) is 27.6 Å². The van der Waals surface area contributed by atoms with Crippen LogP contribution in [0.5, 0.6) is 5.75 Å². The molecule has 3 aromatic rings. The molecule has 2 aromatic carbocycles. The molecular weight excluding hydrogens is 390 g/mol. The second-order valence-corrected chi connectivity index (χ2v) is 7.76. The van der Waals surface area contributed by atoms with E-state index < -0.39 is 0 Å². The highest BCUT2D eigenvalue weighted by atomic mass is 35.5. The number of rotatable bonds is 7. The molecule has 3 rings (SSSR count). The van der Waals surface area contributed by atoms with Gasteiger partial charge in [0.1, 0.15) is 10.8 Å². The highest BCUT2D eigenvalue weighted by Gasteiger charge is 2.15. The van der Waals surface area contributed by atoms with Gasteiger partial charge in [0.25, 0.3) is 5.91 Å². The van der Waals surface area contributed by atoms with Crippen LogP contribution in [0.25, 0.3) is 0 Å². The first-order chi connectivity index (χ1) is 12.7. The number of carbonyl (C=O) groups is 1. The van der Waals surface area contributed by atoms with Crippen LogP contribution in [0.1, 0.15) is 20.9 Å². The van der Waals surface area contributed by atoms with Crippen molar-refractivity contribution in [2.75, 3.05) is 12.4 Å². The molecule has 0 saturated carbocycles. The second-order valence-electron chi connectivity index (χ2n) is 5.28. The molecule has 1 heterocycles. The van der Waals surface area contributed by atoms with E-state index in [1.54, 1.807) is 30.0 Å². The van der Waals surface area contributed by atoms with E-state index in [0.717, 1.165) is 16.5 Å². The van der Waals surface area contributed by atoms with Gasteiger partial charge in [-0.1, -0.05) is 53.3 Å². The molecule has 134 valence electrons. The fourth-order valence-electron chi connectivity index (χ4n) is 2.21. The topological polar surface area (TPSA) is 64.1 Å². The largest absolute Gasteiger partial charge is 0.496 e. The lowest BCUT2D eigenvalue weighted by Gasteiger charge is -2.07. The Bertz CT molecular complexity index is 887. The summed E-state index contributed by atoms with van der Waals surface area (Å²) in [5, 5.41) is 12.7. The fraction of sp³-hybridized carbons (Fsp3) is 0.167. The lowest BCUT2D eigenvalue weighted by molar-refractivity contribution is 0.102. The molecule has 0 bridgehead atoms. The minimum atomic E-state index is -0.330. The number of carbonyl (C=O) groups excluding carboxylic acids is 1. The number of nitrogens with one attached hydrogen (secondary N) is 1. The van der Waals surface area contributed by atoms with Crippen molar-refractivity contribution in [1.82, 2.24) is 10.2 Å². The Morgan fingerprint density at radius 2 is 2.00 bits per heavy atom. The van der Waals surface area contributed by atoms with Crippen molar-refractivity contribution in [2.24, 2.45) is 0 Å². The number of thioether (sulfide) groups is 1. The minimum absolute atomic E-state index is 0.330. The van der Waals surface area contributed by atoms with Gasteiger partial charge in [-0.05, 0) is 23.8 Å². The predicted octanol–water partition coefficient (Wildman–Crippen LogP) is 4.89. The molecule has 0 aliphatic heterocycles. The van der Waals surface area contributed by atoms with E-state index in [0.29, 0.717) is 21.5 Å². The summed E-state index contributed by atoms with van der Waals surface area (Å²) in [6, 6.07) is 15.1. The van der Waals surface area contributed by atoms with Crippen molar-refractivity contribution >= 4 is 45.7 Å². The van der Waals surface area contributed by atoms with Crippen LogP contribution in [0.15, 0.2) is 48.5 Å². The standard InChI is InChI=1S/C18H16ClN3O2S2/c1-24-15-8-7-13(19)9-14(15)17(23)20-18-22-21-16(26-18)11-25-10-12-5-3-2-4-6-12/h2-9H,10-11H2,1H3,(H,20,22,23). The molecule has 0 saturated heterocycles. The van der Waals surface area contributed by atoms with Gasteiger partial charge in [-0.2, -0.15) is 0 Å². The van der Waals surface area contributed by atoms with Crippen LogP contribution in [-0.2, 0) is 11.5 Å². The van der Waals surface area contributed by atoms with Gasteiger partial charge in [-0.25, -0.2) is 0 Å². The number of ether oxygens (including phenoxy) is 1. The van der Waals surface area contributed by atoms with Crippen LogP contribution < -0.4 is 10.1 Å². The molecule has 26 heavy (non-hydrogen) atoms. The Morgan fingerprint density at radius 1 is 1.19 bits per heavy atom. The van der Waals surface area contributed by atoms with E-state index in [9.17, 15) is 4.79 Å². The Labute approximate surface area is 164 Å². The van der Waals surface area contributed by atoms with Crippen LogP contribution in [0, 0.1) is 0 Å². The number of nitrogens with zero attached hydrogens (tertiary/aromatic N) is 2. The summed E-state index contributed by atoms with van der Waals surface area (Å²) in [6.07, 6.45) is 0. The molecule has 0 spiro atoms. The summed E-state index contributed by atoms with van der Waals surface area (Å²) >= 11 is 9.08. The third-order valence-corrected chi connectivity index (χ3v) is 5.70. The number of anilines is 1. The zero-order valence-corrected chi connectivity index (χ0v) is 16.3. The molecule has 1 aromatic heterocycles. The third kappa shape index (κ3) is 4.97. The van der Waals surface area contributed by atoms with Gasteiger partial charge >= 0.3 is 0 Å². The second kappa shape index (κ2) is 9.02. The maximum atomic E-state index is 12.4. The van der Waals surface area contributed by atoms with Crippen LogP contribution in [0.4, 0.5) is 5.13 Å². The number of hydrogen-bond acceptors (Lipinski definition) is 6. The summed E-state index contributed by atoms with van der Waals surface area (Å²) in [5.41, 5.74) is 1.62. The molecule has 0 atom stereocenters. The molecule has 0 aliphatic carbocycles. The highest BCUT2D eigenvalue weighted by Crippen LogP contribution is 2.26. The summed E-state index contributed by atoms with van der Waals surface area (Å²) in [7, 11) is 1.51. The number of methoxy groups -OCH3 is 1. The monoisotopic (exact) mass is 405 g/mol. The van der Waals surface area contributed by atoms with E-state index in [1.807, 2.05) is 18.2 Å². The number of hydrogen-bond donors (Lipinski definition) is 1. The molecule has 0 fully saturated rings. The molecule has 0 aliphatic rings. The van der Waals surface area contributed by atoms with Gasteiger partial charge in [0.05, 0.1) is 12.7 Å². The first kappa shape index (κ1) is 18.7. The summed E-state index contributed by atoms with van der Waals surface area (Å²) in [5.74, 6) is 1.77. The summed E-state index contributed by atoms with van der Waals surface area (Å²) in [6.45, 7) is 0. The highest BCUT2D eigenvalue weighted by molar-refractivity contribution is 7.97. The van der Waals surface area contributed by atoms with Crippen LogP contribution >= 0.6 is 34.7 Å². The molecule has 1 amide bonds. The van der Waals surface area contributed by atoms with Crippen molar-refractivity contribution in [3.8, 4) is 5.75 Å². The SMILES string of the molecule is COc1ccc(Cl)cc1C(=O)Nc1nnc(CSCc2ccccc2)s1. The lowest BCUT2D eigenvalue weighted by atomic mass is 10.2. The number of halogens is 1. The lowest BCUT2D eigenvalue weighted by Crippen LogP contribution is -2.13. The van der Waals surface area contributed by atoms with Crippen molar-refractivity contribution < 1.29 is 9.53 Å². The first-order valence-electron chi connectivity index (χ1n) is 7.74. The number of aromatic nitrogens is 2. The van der Waals surface area contributed by atoms with Gasteiger partial charge < -0.3 is 4.74 Å². The zero-order chi connectivity index (χ0) is 18.4. The van der Waals surface area contributed by atoms with E-state index in [4.69, 9.17) is 16.3 Å². The van der Waals surface area contributed by atoms with E-state index in [1.165, 1.54) is 24.0 Å². The Kier molecular flexibility index (Phi) is 6.49. The molecule has 5 nitrogen and oxygen atoms in total. The summed E-state index contributed by atoms with van der Waals surface area (Å²) < 4.78 is 5.20. The van der Waals surface area contributed by atoms with Crippen molar-refractivity contribution in [3.05, 3.63) is 69.7 Å². The Balaban J connectivity index is 1.58. The van der Waals surface area contributed by atoms with Crippen LogP contribution in [-0.4, -0.2) is 23.2 Å². The van der Waals surface area contributed by atoms with Gasteiger partial charge in [-0.15, -0.1) is 22.0 Å². The predicted molar refractivity (Wildman–Crippen MR) is 107 cm³/mol. The molecule has 0 unspecified atom stereocenters. The van der Waals surface area contributed by atoms with Crippen molar-refractivity contribution in [2.45, 2.75) is 11.5 Å². The zero-order valence-electron chi connectivity index (χ0n) is 13.9. The average molecular weight is 406 g/mol. The van der Waals surface area contributed by atoms with Gasteiger partial charge in [0.2, 0.25) is 5.13 Å². The van der Waals surface area contributed by atoms with Crippen LogP contribution in [0.2, 0.25) is 5.02 Å². The molecule has 1 N–H and O–H groups in total. The van der Waals surface area contributed by atoms with Crippen molar-refractivity contribution in [3.63, 3.8) is 0 Å². The maximum Gasteiger partial charge on any atom is 0.261 e. The smallest absolute Gasteiger partial charge is 0.261 e. The first-order valence-corrected chi connectivity index (χ1v) is 10.1. The van der Waals surface area contributed by atoms with Crippen molar-refractivity contribution in [1.29, 1.82) is 0 Å². The van der Waals surface area contributed by atoms with Gasteiger partial charge in [-0.3, -0.25) is 10.1 Å². The molecule has 0 radical (unpaired) electrons. The minimum Gasteiger partial charge on any atom is -0.496 e. The Morgan fingerprint density at radius 3 is 2.77 bits per heavy atom. The van der Waals surface area contributed by atoms with E-state index >= 15 is 0 Å². The third-order valence-electron chi connectivity index (χ3n) is 3.43. The van der Waals surface area contributed by atoms with Crippen LogP contribution in [0.3, 0.4) is 0 Å². The van der Waals surface area contributed by atoms with Gasteiger partial charge in [0.15, 0.2) is 0 Å². The average Bonchev–Trinajstić information content (AvgIpc) is 3.09. The number of amides is 1. The number of benzene rings is 2. The van der Waals surface area contributed by atoms with Gasteiger partial charge in [0, 0.05) is 16.5 Å². The summed E-state index contributed by atoms with van der Waals surface area (Å²) in [4.78, 5) is 12.4. The quantitative estimate of drug-likeness (QED) is 0.606. The normalized spacial score (nSPS) is 10.5. The maximum absolute atomic E-state index is 12.4. The molecular formula is C18H16ClN3O2S2. The molecule has 8 heteroatoms. The van der Waals surface area contributed by atoms with E-state index in [-0.39, 0.29) is 5.91 Å². The fourth-order valence-corrected chi connectivity index (χ4v) is 4.17. The Hall–Kier alpha value is -2.09.